The number of hydrogen-bond donors (Lipinski definition) is 3. The van der Waals surface area contributed by atoms with Gasteiger partial charge in [0.05, 0.1) is 10.7 Å². The molecule has 17 heavy (non-hydrogen) atoms. The Balaban J connectivity index is 2.21. The van der Waals surface area contributed by atoms with Crippen LogP contribution in [0.15, 0.2) is 30.5 Å². The van der Waals surface area contributed by atoms with E-state index in [1.165, 1.54) is 30.5 Å². The van der Waals surface area contributed by atoms with Crippen LogP contribution in [0.5, 0.6) is 0 Å². The number of benzene rings is 1. The van der Waals surface area contributed by atoms with E-state index in [1.54, 1.807) is 0 Å². The summed E-state index contributed by atoms with van der Waals surface area (Å²) in [5, 5.41) is 2.80. The van der Waals surface area contributed by atoms with Gasteiger partial charge in [0.2, 0.25) is 0 Å². The highest BCUT2D eigenvalue weighted by molar-refractivity contribution is 6.31. The Labute approximate surface area is 102 Å². The molecule has 1 amide bonds. The second-order valence-electron chi connectivity index (χ2n) is 3.42. The molecule has 1 heterocycles. The van der Waals surface area contributed by atoms with E-state index >= 15 is 0 Å². The molecule has 0 aliphatic rings. The quantitative estimate of drug-likeness (QED) is 0.720. The van der Waals surface area contributed by atoms with Gasteiger partial charge >= 0.3 is 0 Å². The van der Waals surface area contributed by atoms with Crippen molar-refractivity contribution in [1.29, 1.82) is 0 Å². The molecule has 1 aromatic heterocycles. The Morgan fingerprint density at radius 1 is 1.41 bits per heavy atom. The summed E-state index contributed by atoms with van der Waals surface area (Å²) in [6.07, 6.45) is 1.46. The third-order valence-corrected chi connectivity index (χ3v) is 2.35. The highest BCUT2D eigenvalue weighted by Gasteiger charge is 2.11. The molecule has 6 heteroatoms. The zero-order chi connectivity index (χ0) is 12.4. The summed E-state index contributed by atoms with van der Waals surface area (Å²) in [6, 6.07) is 5.39. The average Bonchev–Trinajstić information content (AvgIpc) is 2.70. The monoisotopic (exact) mass is 253 g/mol. The summed E-state index contributed by atoms with van der Waals surface area (Å²) in [4.78, 5) is 14.3. The number of nitrogens with one attached hydrogen (secondary N) is 2. The third-order valence-electron chi connectivity index (χ3n) is 2.13. The Kier molecular flexibility index (Phi) is 3.01. The highest BCUT2D eigenvalue weighted by Crippen LogP contribution is 2.18. The summed E-state index contributed by atoms with van der Waals surface area (Å²) in [7, 11) is 0. The van der Waals surface area contributed by atoms with Crippen LogP contribution in [0.1, 0.15) is 10.5 Å². The smallest absolute Gasteiger partial charge is 0.272 e. The molecule has 4 nitrogen and oxygen atoms in total. The normalized spacial score (nSPS) is 10.2. The lowest BCUT2D eigenvalue weighted by molar-refractivity contribution is 0.102. The van der Waals surface area contributed by atoms with Crippen molar-refractivity contribution in [3.05, 3.63) is 47.0 Å². The van der Waals surface area contributed by atoms with Gasteiger partial charge < -0.3 is 16.0 Å². The Morgan fingerprint density at radius 2 is 2.18 bits per heavy atom. The maximum Gasteiger partial charge on any atom is 0.272 e. The van der Waals surface area contributed by atoms with Gasteiger partial charge in [0, 0.05) is 11.9 Å². The number of carbonyl (C=O) groups excluding carboxylic acids is 1. The van der Waals surface area contributed by atoms with E-state index in [0.29, 0.717) is 10.7 Å². The van der Waals surface area contributed by atoms with Crippen LogP contribution in [0.4, 0.5) is 15.8 Å². The second kappa shape index (κ2) is 4.47. The van der Waals surface area contributed by atoms with Crippen molar-refractivity contribution in [3.8, 4) is 0 Å². The van der Waals surface area contributed by atoms with Crippen molar-refractivity contribution in [2.75, 3.05) is 11.1 Å². The number of rotatable bonds is 2. The van der Waals surface area contributed by atoms with Crippen LogP contribution >= 0.6 is 11.6 Å². The third kappa shape index (κ3) is 2.57. The highest BCUT2D eigenvalue weighted by atomic mass is 35.5. The molecule has 0 fully saturated rings. The summed E-state index contributed by atoms with van der Waals surface area (Å²) in [6.45, 7) is 0. The molecule has 0 saturated heterocycles. The van der Waals surface area contributed by atoms with Crippen LogP contribution in [-0.4, -0.2) is 10.9 Å². The number of carbonyl (C=O) groups is 1. The lowest BCUT2D eigenvalue weighted by Crippen LogP contribution is -2.13. The zero-order valence-corrected chi connectivity index (χ0v) is 9.38. The van der Waals surface area contributed by atoms with Crippen LogP contribution in [0.2, 0.25) is 5.02 Å². The molecule has 0 spiro atoms. The van der Waals surface area contributed by atoms with Crippen molar-refractivity contribution in [3.63, 3.8) is 0 Å². The van der Waals surface area contributed by atoms with Crippen molar-refractivity contribution < 1.29 is 9.18 Å². The summed E-state index contributed by atoms with van der Waals surface area (Å²) in [5.74, 6) is -1.04. The SMILES string of the molecule is Nc1ccc(F)c(NC(=O)c2cc(Cl)c[nH]2)c1. The lowest BCUT2D eigenvalue weighted by Gasteiger charge is -2.05. The van der Waals surface area contributed by atoms with Gasteiger partial charge in [-0.05, 0) is 24.3 Å². The molecule has 0 atom stereocenters. The van der Waals surface area contributed by atoms with Gasteiger partial charge in [-0.3, -0.25) is 4.79 Å². The first kappa shape index (κ1) is 11.5. The topological polar surface area (TPSA) is 70.9 Å². The molecule has 2 aromatic rings. The molecule has 0 aliphatic heterocycles. The number of hydrogen-bond acceptors (Lipinski definition) is 2. The predicted octanol–water partition coefficient (Wildman–Crippen LogP) is 2.64. The van der Waals surface area contributed by atoms with E-state index in [2.05, 4.69) is 10.3 Å². The molecular formula is C11H9ClFN3O. The van der Waals surface area contributed by atoms with E-state index in [4.69, 9.17) is 17.3 Å². The zero-order valence-electron chi connectivity index (χ0n) is 8.63. The fourth-order valence-corrected chi connectivity index (χ4v) is 1.49. The minimum Gasteiger partial charge on any atom is -0.399 e. The number of nitrogens with two attached hydrogens (primary N) is 1. The largest absolute Gasteiger partial charge is 0.399 e. The van der Waals surface area contributed by atoms with Crippen LogP contribution in [0.25, 0.3) is 0 Å². The summed E-state index contributed by atoms with van der Waals surface area (Å²) >= 11 is 5.66. The Morgan fingerprint density at radius 3 is 2.82 bits per heavy atom. The van der Waals surface area contributed by atoms with E-state index in [1.807, 2.05) is 0 Å². The molecule has 1 aromatic carbocycles. The maximum atomic E-state index is 13.3. The first-order valence-electron chi connectivity index (χ1n) is 4.76. The van der Waals surface area contributed by atoms with Gasteiger partial charge in [-0.15, -0.1) is 0 Å². The number of anilines is 2. The Hall–Kier alpha value is -2.01. The number of aromatic nitrogens is 1. The number of halogens is 2. The first-order valence-corrected chi connectivity index (χ1v) is 5.14. The molecule has 0 bridgehead atoms. The minimum absolute atomic E-state index is 0.0284. The number of nitrogen functional groups attached to an aromatic ring is 1. The summed E-state index contributed by atoms with van der Waals surface area (Å²) < 4.78 is 13.3. The van der Waals surface area contributed by atoms with Crippen molar-refractivity contribution in [2.24, 2.45) is 0 Å². The van der Waals surface area contributed by atoms with Crippen molar-refractivity contribution in [1.82, 2.24) is 4.98 Å². The van der Waals surface area contributed by atoms with Crippen molar-refractivity contribution in [2.45, 2.75) is 0 Å². The van der Waals surface area contributed by atoms with E-state index in [0.717, 1.165) is 0 Å². The number of amides is 1. The van der Waals surface area contributed by atoms with Crippen LogP contribution in [0.3, 0.4) is 0 Å². The molecule has 0 aliphatic carbocycles. The molecule has 0 unspecified atom stereocenters. The predicted molar refractivity (Wildman–Crippen MR) is 64.6 cm³/mol. The molecular weight excluding hydrogens is 245 g/mol. The molecule has 0 saturated carbocycles. The van der Waals surface area contributed by atoms with E-state index < -0.39 is 11.7 Å². The van der Waals surface area contributed by atoms with Crippen molar-refractivity contribution >= 4 is 28.9 Å². The standard InChI is InChI=1S/C11H9ClFN3O/c12-6-3-10(15-5-6)11(17)16-9-4-7(14)1-2-8(9)13/h1-5,15H,14H2,(H,16,17). The number of H-pyrrole nitrogens is 1. The van der Waals surface area contributed by atoms with Gasteiger partial charge in [0.15, 0.2) is 0 Å². The first-order chi connectivity index (χ1) is 8.06. The molecule has 2 rings (SSSR count). The minimum atomic E-state index is -0.551. The van der Waals surface area contributed by atoms with Gasteiger partial charge in [-0.1, -0.05) is 11.6 Å². The molecule has 4 N–H and O–H groups in total. The fraction of sp³-hybridized carbons (Fsp3) is 0. The average molecular weight is 254 g/mol. The second-order valence-corrected chi connectivity index (χ2v) is 3.86. The van der Waals surface area contributed by atoms with Gasteiger partial charge in [-0.25, -0.2) is 4.39 Å². The van der Waals surface area contributed by atoms with Gasteiger partial charge in [0.25, 0.3) is 5.91 Å². The lowest BCUT2D eigenvalue weighted by atomic mass is 10.2. The number of aromatic amines is 1. The van der Waals surface area contributed by atoms with E-state index in [-0.39, 0.29) is 11.4 Å². The van der Waals surface area contributed by atoms with E-state index in [9.17, 15) is 9.18 Å². The Bertz CT molecular complexity index is 568. The van der Waals surface area contributed by atoms with Crippen LogP contribution in [0, 0.1) is 5.82 Å². The summed E-state index contributed by atoms with van der Waals surface area (Å²) in [5.41, 5.74) is 6.14. The van der Waals surface area contributed by atoms with Gasteiger partial charge in [-0.2, -0.15) is 0 Å². The molecule has 0 radical (unpaired) electrons. The van der Waals surface area contributed by atoms with Crippen LogP contribution in [-0.2, 0) is 0 Å². The van der Waals surface area contributed by atoms with Crippen LogP contribution < -0.4 is 11.1 Å². The van der Waals surface area contributed by atoms with Gasteiger partial charge in [0.1, 0.15) is 11.5 Å². The fourth-order valence-electron chi connectivity index (χ4n) is 1.33. The maximum absolute atomic E-state index is 13.3. The molecule has 88 valence electrons.